The van der Waals surface area contributed by atoms with Crippen molar-refractivity contribution < 1.29 is 9.90 Å². The van der Waals surface area contributed by atoms with Crippen molar-refractivity contribution in [1.82, 2.24) is 4.90 Å². The summed E-state index contributed by atoms with van der Waals surface area (Å²) in [5.41, 5.74) is 0.226. The van der Waals surface area contributed by atoms with Gasteiger partial charge in [0.25, 0.3) is 0 Å². The third kappa shape index (κ3) is 3.88. The van der Waals surface area contributed by atoms with E-state index in [1.807, 2.05) is 11.8 Å². The fraction of sp³-hybridized carbons (Fsp3) is 0.923. The molecule has 100 valence electrons. The van der Waals surface area contributed by atoms with Gasteiger partial charge in [-0.15, -0.1) is 0 Å². The highest BCUT2D eigenvalue weighted by Gasteiger charge is 2.38. The fourth-order valence-corrected chi connectivity index (χ4v) is 4.13. The Labute approximate surface area is 109 Å². The summed E-state index contributed by atoms with van der Waals surface area (Å²) in [6.45, 7) is 8.98. The quantitative estimate of drug-likeness (QED) is 0.824. The zero-order valence-electron chi connectivity index (χ0n) is 11.4. The Bertz CT molecular complexity index is 268. The second kappa shape index (κ2) is 6.10. The monoisotopic (exact) mass is 259 g/mol. The summed E-state index contributed by atoms with van der Waals surface area (Å²) < 4.78 is 0. The number of aliphatic carboxylic acids is 1. The zero-order valence-corrected chi connectivity index (χ0v) is 12.2. The first-order chi connectivity index (χ1) is 7.88. The minimum absolute atomic E-state index is 0.170. The lowest BCUT2D eigenvalue weighted by Crippen LogP contribution is -2.54. The third-order valence-corrected chi connectivity index (χ3v) is 4.99. The SMILES string of the molecule is CCC(C)N(CC(=O)O)C1CSCCC1(C)C. The number of nitrogens with zero attached hydrogens (tertiary/aromatic N) is 1. The summed E-state index contributed by atoms with van der Waals surface area (Å²) in [6.07, 6.45) is 2.18. The molecule has 0 aromatic carbocycles. The summed E-state index contributed by atoms with van der Waals surface area (Å²) in [5, 5.41) is 9.08. The van der Waals surface area contributed by atoms with Gasteiger partial charge in [0.05, 0.1) is 6.54 Å². The van der Waals surface area contributed by atoms with Crippen LogP contribution in [0.1, 0.15) is 40.5 Å². The van der Waals surface area contributed by atoms with Crippen molar-refractivity contribution in [2.45, 2.75) is 52.6 Å². The minimum Gasteiger partial charge on any atom is -0.480 e. The first kappa shape index (κ1) is 14.8. The van der Waals surface area contributed by atoms with E-state index in [1.54, 1.807) is 0 Å². The molecule has 0 amide bonds. The number of thioether (sulfide) groups is 1. The third-order valence-electron chi connectivity index (χ3n) is 3.94. The summed E-state index contributed by atoms with van der Waals surface area (Å²) in [5.74, 6) is 1.55. The molecule has 0 bridgehead atoms. The molecule has 0 radical (unpaired) electrons. The van der Waals surface area contributed by atoms with Gasteiger partial charge in [-0.2, -0.15) is 11.8 Å². The second-order valence-corrected chi connectivity index (χ2v) is 6.80. The standard InChI is InChI=1S/C13H25NO2S/c1-5-10(2)14(8-12(15)16)11-9-17-7-6-13(11,3)4/h10-11H,5-9H2,1-4H3,(H,15,16). The van der Waals surface area contributed by atoms with Crippen molar-refractivity contribution in [1.29, 1.82) is 0 Å². The number of carboxylic acids is 1. The van der Waals surface area contributed by atoms with Gasteiger partial charge in [-0.1, -0.05) is 20.8 Å². The van der Waals surface area contributed by atoms with E-state index in [9.17, 15) is 4.79 Å². The van der Waals surface area contributed by atoms with Gasteiger partial charge in [-0.25, -0.2) is 0 Å². The van der Waals surface area contributed by atoms with Crippen molar-refractivity contribution in [2.24, 2.45) is 5.41 Å². The summed E-state index contributed by atoms with van der Waals surface area (Å²) >= 11 is 1.95. The van der Waals surface area contributed by atoms with Crippen molar-refractivity contribution in [2.75, 3.05) is 18.1 Å². The molecule has 1 N–H and O–H groups in total. The maximum atomic E-state index is 11.0. The molecule has 1 saturated heterocycles. The number of rotatable bonds is 5. The van der Waals surface area contributed by atoms with E-state index in [-0.39, 0.29) is 12.0 Å². The van der Waals surface area contributed by atoms with E-state index in [2.05, 4.69) is 32.6 Å². The Hall–Kier alpha value is -0.220. The molecule has 1 heterocycles. The van der Waals surface area contributed by atoms with Crippen LogP contribution in [0.4, 0.5) is 0 Å². The molecule has 0 aromatic heterocycles. The lowest BCUT2D eigenvalue weighted by atomic mass is 9.80. The average molecular weight is 259 g/mol. The van der Waals surface area contributed by atoms with Gasteiger partial charge in [0.1, 0.15) is 0 Å². The Balaban J connectivity index is 2.83. The highest BCUT2D eigenvalue weighted by molar-refractivity contribution is 7.99. The van der Waals surface area contributed by atoms with Crippen LogP contribution in [0.5, 0.6) is 0 Å². The first-order valence-corrected chi connectivity index (χ1v) is 7.59. The normalized spacial score (nSPS) is 25.8. The highest BCUT2D eigenvalue weighted by atomic mass is 32.2. The lowest BCUT2D eigenvalue weighted by molar-refractivity contribution is -0.140. The fourth-order valence-electron chi connectivity index (χ4n) is 2.43. The molecule has 0 aliphatic carbocycles. The van der Waals surface area contributed by atoms with Crippen LogP contribution in [0.25, 0.3) is 0 Å². The molecule has 1 aliphatic rings. The van der Waals surface area contributed by atoms with E-state index < -0.39 is 5.97 Å². The molecule has 1 aliphatic heterocycles. The first-order valence-electron chi connectivity index (χ1n) is 6.43. The van der Waals surface area contributed by atoms with Gasteiger partial charge in [-0.3, -0.25) is 9.69 Å². The van der Waals surface area contributed by atoms with Crippen LogP contribution in [0.2, 0.25) is 0 Å². The Kier molecular flexibility index (Phi) is 5.32. The number of carboxylic acid groups (broad SMARTS) is 1. The maximum Gasteiger partial charge on any atom is 0.317 e. The molecule has 0 spiro atoms. The smallest absolute Gasteiger partial charge is 0.317 e. The Morgan fingerprint density at radius 3 is 2.71 bits per heavy atom. The number of hydrogen-bond acceptors (Lipinski definition) is 3. The van der Waals surface area contributed by atoms with Crippen LogP contribution in [0.15, 0.2) is 0 Å². The molecule has 17 heavy (non-hydrogen) atoms. The second-order valence-electron chi connectivity index (χ2n) is 5.65. The molecule has 0 aromatic rings. The molecular weight excluding hydrogens is 234 g/mol. The van der Waals surface area contributed by atoms with E-state index in [0.29, 0.717) is 12.1 Å². The van der Waals surface area contributed by atoms with Gasteiger partial charge in [0.15, 0.2) is 0 Å². The molecule has 1 rings (SSSR count). The highest BCUT2D eigenvalue weighted by Crippen LogP contribution is 2.38. The van der Waals surface area contributed by atoms with Crippen LogP contribution in [-0.2, 0) is 4.79 Å². The largest absolute Gasteiger partial charge is 0.480 e. The lowest BCUT2D eigenvalue weighted by Gasteiger charge is -2.46. The predicted octanol–water partition coefficient (Wildman–Crippen LogP) is 2.70. The van der Waals surface area contributed by atoms with Crippen LogP contribution in [-0.4, -0.2) is 46.1 Å². The molecule has 0 saturated carbocycles. The number of hydrogen-bond donors (Lipinski definition) is 1. The van der Waals surface area contributed by atoms with Gasteiger partial charge in [0, 0.05) is 17.8 Å². The van der Waals surface area contributed by atoms with Crippen LogP contribution >= 0.6 is 11.8 Å². The number of carbonyl (C=O) groups is 1. The minimum atomic E-state index is -0.711. The van der Waals surface area contributed by atoms with Gasteiger partial charge in [0.2, 0.25) is 0 Å². The summed E-state index contributed by atoms with van der Waals surface area (Å²) in [4.78, 5) is 13.2. The van der Waals surface area contributed by atoms with Crippen molar-refractivity contribution in [3.05, 3.63) is 0 Å². The maximum absolute atomic E-state index is 11.0. The Morgan fingerprint density at radius 1 is 1.59 bits per heavy atom. The van der Waals surface area contributed by atoms with Crippen molar-refractivity contribution in [3.8, 4) is 0 Å². The van der Waals surface area contributed by atoms with E-state index >= 15 is 0 Å². The average Bonchev–Trinajstić information content (AvgIpc) is 2.24. The van der Waals surface area contributed by atoms with E-state index in [4.69, 9.17) is 5.11 Å². The van der Waals surface area contributed by atoms with Crippen molar-refractivity contribution >= 4 is 17.7 Å². The zero-order chi connectivity index (χ0) is 13.1. The summed E-state index contributed by atoms with van der Waals surface area (Å²) in [6, 6.07) is 0.723. The predicted molar refractivity (Wildman–Crippen MR) is 73.6 cm³/mol. The van der Waals surface area contributed by atoms with E-state index in [0.717, 1.165) is 12.2 Å². The van der Waals surface area contributed by atoms with Crippen LogP contribution in [0, 0.1) is 5.41 Å². The Morgan fingerprint density at radius 2 is 2.24 bits per heavy atom. The van der Waals surface area contributed by atoms with E-state index in [1.165, 1.54) is 12.2 Å². The molecule has 3 nitrogen and oxygen atoms in total. The molecule has 4 heteroatoms. The van der Waals surface area contributed by atoms with Gasteiger partial charge in [-0.05, 0) is 30.9 Å². The van der Waals surface area contributed by atoms with Crippen LogP contribution in [0.3, 0.4) is 0 Å². The van der Waals surface area contributed by atoms with Crippen LogP contribution < -0.4 is 0 Å². The topological polar surface area (TPSA) is 40.5 Å². The molecule has 2 unspecified atom stereocenters. The van der Waals surface area contributed by atoms with Crippen molar-refractivity contribution in [3.63, 3.8) is 0 Å². The molecule has 1 fully saturated rings. The molecular formula is C13H25NO2S. The summed E-state index contributed by atoms with van der Waals surface area (Å²) in [7, 11) is 0. The van der Waals surface area contributed by atoms with Gasteiger partial charge < -0.3 is 5.11 Å². The molecule has 2 atom stereocenters. The van der Waals surface area contributed by atoms with Gasteiger partial charge >= 0.3 is 5.97 Å².